The predicted octanol–water partition coefficient (Wildman–Crippen LogP) is 2.27. The van der Waals surface area contributed by atoms with Crippen LogP contribution in [0.15, 0.2) is 22.7 Å². The molecule has 0 saturated carbocycles. The van der Waals surface area contributed by atoms with Crippen molar-refractivity contribution < 1.29 is 9.18 Å². The fourth-order valence-corrected chi connectivity index (χ4v) is 1.90. The van der Waals surface area contributed by atoms with E-state index in [0.29, 0.717) is 12.1 Å². The average molecular weight is 303 g/mol. The first-order valence-electron chi connectivity index (χ1n) is 5.42. The molecule has 0 fully saturated rings. The third kappa shape index (κ3) is 3.78. The molecule has 0 aliphatic rings. The molecule has 0 aromatic heterocycles. The maximum absolute atomic E-state index is 13.3. The minimum atomic E-state index is -0.417. The maximum atomic E-state index is 13.3. The fourth-order valence-electron chi connectivity index (χ4n) is 1.47. The number of amides is 1. The Morgan fingerprint density at radius 1 is 1.53 bits per heavy atom. The second-order valence-corrected chi connectivity index (χ2v) is 4.58. The zero-order valence-corrected chi connectivity index (χ0v) is 11.6. The zero-order valence-electron chi connectivity index (χ0n) is 9.96. The van der Waals surface area contributed by atoms with Crippen LogP contribution in [0.3, 0.4) is 0 Å². The van der Waals surface area contributed by atoms with Gasteiger partial charge >= 0.3 is 0 Å². The van der Waals surface area contributed by atoms with Gasteiger partial charge in [0.25, 0.3) is 5.91 Å². The normalized spacial score (nSPS) is 10.4. The summed E-state index contributed by atoms with van der Waals surface area (Å²) in [5, 5.41) is 3.02. The Morgan fingerprint density at radius 3 is 2.88 bits per heavy atom. The summed E-state index contributed by atoms with van der Waals surface area (Å²) >= 11 is 3.10. The van der Waals surface area contributed by atoms with E-state index in [1.807, 2.05) is 7.05 Å². The minimum Gasteiger partial charge on any atom is -0.342 e. The predicted molar refractivity (Wildman–Crippen MR) is 69.6 cm³/mol. The maximum Gasteiger partial charge on any atom is 0.254 e. The Labute approximate surface area is 109 Å². The summed E-state index contributed by atoms with van der Waals surface area (Å²) < 4.78 is 13.5. The van der Waals surface area contributed by atoms with Gasteiger partial charge in [-0.05, 0) is 48.1 Å². The molecular formula is C12H16BrFN2O. The molecule has 1 rings (SSSR count). The number of carbonyl (C=O) groups is 1. The van der Waals surface area contributed by atoms with Crippen molar-refractivity contribution in [2.24, 2.45) is 0 Å². The van der Waals surface area contributed by atoms with Crippen molar-refractivity contribution in [3.05, 3.63) is 34.1 Å². The molecule has 5 heteroatoms. The smallest absolute Gasteiger partial charge is 0.254 e. The summed E-state index contributed by atoms with van der Waals surface area (Å²) in [6.07, 6.45) is 0.867. The molecule has 0 aliphatic heterocycles. The zero-order chi connectivity index (χ0) is 12.8. The first kappa shape index (κ1) is 14.1. The van der Waals surface area contributed by atoms with Crippen molar-refractivity contribution in [1.82, 2.24) is 10.2 Å². The number of rotatable bonds is 5. The Kier molecular flexibility index (Phi) is 5.58. The SMILES string of the molecule is CNCCCN(C)C(=O)c1cccc(F)c1Br. The molecular weight excluding hydrogens is 287 g/mol. The van der Waals surface area contributed by atoms with Crippen LogP contribution in [0.2, 0.25) is 0 Å². The van der Waals surface area contributed by atoms with E-state index in [0.717, 1.165) is 13.0 Å². The number of hydrogen-bond donors (Lipinski definition) is 1. The number of nitrogens with zero attached hydrogens (tertiary/aromatic N) is 1. The van der Waals surface area contributed by atoms with Crippen LogP contribution in [0.25, 0.3) is 0 Å². The van der Waals surface area contributed by atoms with E-state index in [9.17, 15) is 9.18 Å². The van der Waals surface area contributed by atoms with E-state index >= 15 is 0 Å². The largest absolute Gasteiger partial charge is 0.342 e. The molecule has 0 unspecified atom stereocenters. The summed E-state index contributed by atoms with van der Waals surface area (Å²) in [5.41, 5.74) is 0.358. The molecule has 0 saturated heterocycles. The monoisotopic (exact) mass is 302 g/mol. The molecule has 1 amide bonds. The molecule has 1 N–H and O–H groups in total. The van der Waals surface area contributed by atoms with E-state index in [2.05, 4.69) is 21.2 Å². The summed E-state index contributed by atoms with van der Waals surface area (Å²) in [4.78, 5) is 13.6. The first-order chi connectivity index (χ1) is 8.07. The van der Waals surface area contributed by atoms with Gasteiger partial charge in [0.2, 0.25) is 0 Å². The molecule has 0 spiro atoms. The van der Waals surface area contributed by atoms with Crippen LogP contribution < -0.4 is 5.32 Å². The first-order valence-corrected chi connectivity index (χ1v) is 6.21. The third-order valence-corrected chi connectivity index (χ3v) is 3.25. The van der Waals surface area contributed by atoms with Crippen molar-refractivity contribution in [2.45, 2.75) is 6.42 Å². The van der Waals surface area contributed by atoms with E-state index in [1.54, 1.807) is 18.0 Å². The highest BCUT2D eigenvalue weighted by molar-refractivity contribution is 9.10. The molecule has 0 aliphatic carbocycles. The lowest BCUT2D eigenvalue weighted by Crippen LogP contribution is -2.29. The number of benzene rings is 1. The van der Waals surface area contributed by atoms with E-state index < -0.39 is 5.82 Å². The quantitative estimate of drug-likeness (QED) is 0.846. The van der Waals surface area contributed by atoms with Gasteiger partial charge in [0, 0.05) is 13.6 Å². The average Bonchev–Trinajstić information content (AvgIpc) is 2.32. The molecule has 94 valence electrons. The molecule has 17 heavy (non-hydrogen) atoms. The van der Waals surface area contributed by atoms with Crippen LogP contribution in [0.4, 0.5) is 4.39 Å². The topological polar surface area (TPSA) is 32.3 Å². The lowest BCUT2D eigenvalue weighted by atomic mass is 10.2. The van der Waals surface area contributed by atoms with Gasteiger partial charge in [0.15, 0.2) is 0 Å². The standard InChI is InChI=1S/C12H16BrFN2O/c1-15-7-4-8-16(2)12(17)9-5-3-6-10(14)11(9)13/h3,5-6,15H,4,7-8H2,1-2H3. The highest BCUT2D eigenvalue weighted by Crippen LogP contribution is 2.21. The van der Waals surface area contributed by atoms with Crippen LogP contribution >= 0.6 is 15.9 Å². The molecule has 1 aromatic rings. The van der Waals surface area contributed by atoms with Crippen molar-refractivity contribution in [3.8, 4) is 0 Å². The van der Waals surface area contributed by atoms with Gasteiger partial charge in [-0.1, -0.05) is 6.07 Å². The van der Waals surface area contributed by atoms with E-state index in [1.165, 1.54) is 12.1 Å². The number of halogens is 2. The van der Waals surface area contributed by atoms with Gasteiger partial charge in [-0.15, -0.1) is 0 Å². The molecule has 0 heterocycles. The summed E-state index contributed by atoms with van der Waals surface area (Å²) in [5.74, 6) is -0.591. The van der Waals surface area contributed by atoms with Crippen molar-refractivity contribution >= 4 is 21.8 Å². The second kappa shape index (κ2) is 6.71. The van der Waals surface area contributed by atoms with Crippen LogP contribution in [0, 0.1) is 5.82 Å². The van der Waals surface area contributed by atoms with E-state index in [-0.39, 0.29) is 10.4 Å². The van der Waals surface area contributed by atoms with Crippen molar-refractivity contribution in [3.63, 3.8) is 0 Å². The summed E-state index contributed by atoms with van der Waals surface area (Å²) in [6, 6.07) is 4.47. The fraction of sp³-hybridized carbons (Fsp3) is 0.417. The Hall–Kier alpha value is -0.940. The molecule has 0 atom stereocenters. The van der Waals surface area contributed by atoms with Gasteiger partial charge < -0.3 is 10.2 Å². The van der Waals surface area contributed by atoms with Gasteiger partial charge in [-0.25, -0.2) is 4.39 Å². The Balaban J connectivity index is 2.71. The Bertz CT molecular complexity index is 398. The molecule has 3 nitrogen and oxygen atoms in total. The van der Waals surface area contributed by atoms with Crippen LogP contribution in [0.1, 0.15) is 16.8 Å². The van der Waals surface area contributed by atoms with Gasteiger partial charge in [0.1, 0.15) is 5.82 Å². The van der Waals surface area contributed by atoms with E-state index in [4.69, 9.17) is 0 Å². The number of hydrogen-bond acceptors (Lipinski definition) is 2. The van der Waals surface area contributed by atoms with Crippen molar-refractivity contribution in [2.75, 3.05) is 27.2 Å². The number of nitrogens with one attached hydrogen (secondary N) is 1. The minimum absolute atomic E-state index is 0.174. The lowest BCUT2D eigenvalue weighted by Gasteiger charge is -2.17. The van der Waals surface area contributed by atoms with Crippen molar-refractivity contribution in [1.29, 1.82) is 0 Å². The lowest BCUT2D eigenvalue weighted by molar-refractivity contribution is 0.0792. The highest BCUT2D eigenvalue weighted by atomic mass is 79.9. The highest BCUT2D eigenvalue weighted by Gasteiger charge is 2.16. The molecule has 1 aromatic carbocycles. The van der Waals surface area contributed by atoms with Crippen LogP contribution in [-0.4, -0.2) is 38.0 Å². The summed E-state index contributed by atoms with van der Waals surface area (Å²) in [7, 11) is 3.58. The van der Waals surface area contributed by atoms with Gasteiger partial charge in [-0.2, -0.15) is 0 Å². The molecule has 0 radical (unpaired) electrons. The van der Waals surface area contributed by atoms with Gasteiger partial charge in [-0.3, -0.25) is 4.79 Å². The second-order valence-electron chi connectivity index (χ2n) is 3.79. The van der Waals surface area contributed by atoms with Crippen LogP contribution in [0.5, 0.6) is 0 Å². The third-order valence-electron chi connectivity index (χ3n) is 2.45. The Morgan fingerprint density at radius 2 is 2.24 bits per heavy atom. The van der Waals surface area contributed by atoms with Gasteiger partial charge in [0.05, 0.1) is 10.0 Å². The molecule has 0 bridgehead atoms. The number of carbonyl (C=O) groups excluding carboxylic acids is 1. The summed E-state index contributed by atoms with van der Waals surface area (Å²) in [6.45, 7) is 1.49. The van der Waals surface area contributed by atoms with Crippen LogP contribution in [-0.2, 0) is 0 Å².